The van der Waals surface area contributed by atoms with E-state index in [4.69, 9.17) is 5.11 Å². The Morgan fingerprint density at radius 3 is 2.75 bits per heavy atom. The number of phenols is 1. The second kappa shape index (κ2) is 4.37. The average Bonchev–Trinajstić information content (AvgIpc) is 2.62. The minimum absolute atomic E-state index is 0.104. The van der Waals surface area contributed by atoms with Gasteiger partial charge in [0.25, 0.3) is 0 Å². The van der Waals surface area contributed by atoms with Crippen LogP contribution in [-0.4, -0.2) is 26.6 Å². The van der Waals surface area contributed by atoms with Crippen molar-refractivity contribution in [3.05, 3.63) is 41.7 Å². The first-order chi connectivity index (χ1) is 7.74. The number of hydrogen-bond acceptors (Lipinski definition) is 3. The SMILES string of the molecule is Cc1c(CCO)cnn1-c1ccccc1O. The monoisotopic (exact) mass is 218 g/mol. The minimum Gasteiger partial charge on any atom is -0.506 e. The Bertz CT molecular complexity index is 492. The number of hydrogen-bond donors (Lipinski definition) is 2. The lowest BCUT2D eigenvalue weighted by Gasteiger charge is -2.06. The number of phenolic OH excluding ortho intramolecular Hbond substituents is 1. The molecule has 0 aliphatic rings. The van der Waals surface area contributed by atoms with Crippen LogP contribution in [0.15, 0.2) is 30.5 Å². The van der Waals surface area contributed by atoms with Gasteiger partial charge >= 0.3 is 0 Å². The van der Waals surface area contributed by atoms with Crippen molar-refractivity contribution in [2.75, 3.05) is 6.61 Å². The lowest BCUT2D eigenvalue weighted by molar-refractivity contribution is 0.299. The van der Waals surface area contributed by atoms with Crippen LogP contribution in [0.2, 0.25) is 0 Å². The van der Waals surface area contributed by atoms with Crippen molar-refractivity contribution in [1.29, 1.82) is 0 Å². The second-order valence-electron chi connectivity index (χ2n) is 3.63. The highest BCUT2D eigenvalue weighted by atomic mass is 16.3. The van der Waals surface area contributed by atoms with Crippen molar-refractivity contribution in [3.63, 3.8) is 0 Å². The molecule has 2 aromatic rings. The molecule has 0 spiro atoms. The van der Waals surface area contributed by atoms with E-state index in [1.54, 1.807) is 29.1 Å². The number of para-hydroxylation sites is 2. The van der Waals surface area contributed by atoms with Gasteiger partial charge in [-0.1, -0.05) is 12.1 Å². The van der Waals surface area contributed by atoms with Crippen molar-refractivity contribution in [1.82, 2.24) is 9.78 Å². The van der Waals surface area contributed by atoms with Gasteiger partial charge < -0.3 is 10.2 Å². The third-order valence-corrected chi connectivity index (χ3v) is 2.60. The largest absolute Gasteiger partial charge is 0.506 e. The number of nitrogens with zero attached hydrogens (tertiary/aromatic N) is 2. The number of benzene rings is 1. The molecule has 1 heterocycles. The molecule has 16 heavy (non-hydrogen) atoms. The average molecular weight is 218 g/mol. The summed E-state index contributed by atoms with van der Waals surface area (Å²) in [5.74, 6) is 0.198. The Morgan fingerprint density at radius 2 is 2.06 bits per heavy atom. The molecule has 2 rings (SSSR count). The van der Waals surface area contributed by atoms with E-state index in [1.807, 2.05) is 13.0 Å². The fraction of sp³-hybridized carbons (Fsp3) is 0.250. The first-order valence-electron chi connectivity index (χ1n) is 5.16. The van der Waals surface area contributed by atoms with E-state index in [1.165, 1.54) is 0 Å². The normalized spacial score (nSPS) is 10.6. The van der Waals surface area contributed by atoms with Crippen LogP contribution < -0.4 is 0 Å². The van der Waals surface area contributed by atoms with E-state index >= 15 is 0 Å². The highest BCUT2D eigenvalue weighted by Crippen LogP contribution is 2.22. The zero-order valence-electron chi connectivity index (χ0n) is 9.09. The smallest absolute Gasteiger partial charge is 0.141 e. The van der Waals surface area contributed by atoms with Gasteiger partial charge in [-0.25, -0.2) is 4.68 Å². The molecule has 1 aromatic carbocycles. The van der Waals surface area contributed by atoms with Crippen LogP contribution >= 0.6 is 0 Å². The van der Waals surface area contributed by atoms with E-state index in [-0.39, 0.29) is 12.4 Å². The van der Waals surface area contributed by atoms with E-state index < -0.39 is 0 Å². The number of aromatic hydroxyl groups is 1. The van der Waals surface area contributed by atoms with Crippen LogP contribution in [0.3, 0.4) is 0 Å². The van der Waals surface area contributed by atoms with Crippen molar-refractivity contribution in [3.8, 4) is 11.4 Å². The summed E-state index contributed by atoms with van der Waals surface area (Å²) < 4.78 is 1.68. The van der Waals surface area contributed by atoms with Crippen LogP contribution in [0.5, 0.6) is 5.75 Å². The highest BCUT2D eigenvalue weighted by molar-refractivity contribution is 5.46. The first kappa shape index (κ1) is 10.7. The summed E-state index contributed by atoms with van der Waals surface area (Å²) in [6.07, 6.45) is 2.30. The molecule has 4 nitrogen and oxygen atoms in total. The van der Waals surface area contributed by atoms with Crippen molar-refractivity contribution < 1.29 is 10.2 Å². The Hall–Kier alpha value is -1.81. The third-order valence-electron chi connectivity index (χ3n) is 2.60. The van der Waals surface area contributed by atoms with Gasteiger partial charge in [-0.15, -0.1) is 0 Å². The van der Waals surface area contributed by atoms with Crippen LogP contribution in [0.1, 0.15) is 11.3 Å². The van der Waals surface area contributed by atoms with Crippen LogP contribution in [0.4, 0.5) is 0 Å². The third kappa shape index (κ3) is 1.79. The van der Waals surface area contributed by atoms with Crippen molar-refractivity contribution in [2.45, 2.75) is 13.3 Å². The summed E-state index contributed by atoms with van der Waals surface area (Å²) in [5.41, 5.74) is 2.59. The zero-order chi connectivity index (χ0) is 11.5. The first-order valence-corrected chi connectivity index (χ1v) is 5.16. The van der Waals surface area contributed by atoms with Gasteiger partial charge in [-0.2, -0.15) is 5.10 Å². The van der Waals surface area contributed by atoms with Gasteiger partial charge in [0.05, 0.1) is 6.20 Å². The summed E-state index contributed by atoms with van der Waals surface area (Å²) in [5, 5.41) is 22.8. The minimum atomic E-state index is 0.104. The fourth-order valence-corrected chi connectivity index (χ4v) is 1.70. The molecule has 0 unspecified atom stereocenters. The van der Waals surface area contributed by atoms with Gasteiger partial charge in [-0.3, -0.25) is 0 Å². The zero-order valence-corrected chi connectivity index (χ0v) is 9.09. The maximum absolute atomic E-state index is 9.72. The number of aromatic nitrogens is 2. The molecule has 0 amide bonds. The summed E-state index contributed by atoms with van der Waals surface area (Å²) >= 11 is 0. The summed E-state index contributed by atoms with van der Waals surface area (Å²) in [4.78, 5) is 0. The van der Waals surface area contributed by atoms with Crippen LogP contribution in [0, 0.1) is 6.92 Å². The van der Waals surface area contributed by atoms with Gasteiger partial charge in [-0.05, 0) is 31.0 Å². The maximum atomic E-state index is 9.72. The van der Waals surface area contributed by atoms with E-state index in [2.05, 4.69) is 5.10 Å². The highest BCUT2D eigenvalue weighted by Gasteiger charge is 2.09. The number of aliphatic hydroxyl groups excluding tert-OH is 1. The molecule has 0 bridgehead atoms. The Balaban J connectivity index is 2.45. The van der Waals surface area contributed by atoms with E-state index in [9.17, 15) is 5.11 Å². The van der Waals surface area contributed by atoms with E-state index in [0.29, 0.717) is 12.1 Å². The Morgan fingerprint density at radius 1 is 1.31 bits per heavy atom. The lowest BCUT2D eigenvalue weighted by atomic mass is 10.2. The molecule has 0 atom stereocenters. The number of rotatable bonds is 3. The molecule has 0 saturated heterocycles. The summed E-state index contributed by atoms with van der Waals surface area (Å²) in [7, 11) is 0. The molecule has 1 aromatic heterocycles. The molecule has 84 valence electrons. The summed E-state index contributed by atoms with van der Waals surface area (Å²) in [6.45, 7) is 2.03. The molecule has 4 heteroatoms. The Labute approximate surface area is 93.8 Å². The van der Waals surface area contributed by atoms with Gasteiger partial charge in [0.15, 0.2) is 0 Å². The molecular formula is C12H14N2O2. The molecule has 2 N–H and O–H groups in total. The predicted octanol–water partition coefficient (Wildman–Crippen LogP) is 1.42. The van der Waals surface area contributed by atoms with Crippen LogP contribution in [0.25, 0.3) is 5.69 Å². The predicted molar refractivity (Wildman–Crippen MR) is 60.8 cm³/mol. The number of aliphatic hydroxyl groups is 1. The van der Waals surface area contributed by atoms with Crippen molar-refractivity contribution >= 4 is 0 Å². The maximum Gasteiger partial charge on any atom is 0.141 e. The van der Waals surface area contributed by atoms with E-state index in [0.717, 1.165) is 11.3 Å². The second-order valence-corrected chi connectivity index (χ2v) is 3.63. The quantitative estimate of drug-likeness (QED) is 0.819. The van der Waals surface area contributed by atoms with Gasteiger partial charge in [0, 0.05) is 12.3 Å². The van der Waals surface area contributed by atoms with Gasteiger partial charge in [0.2, 0.25) is 0 Å². The standard InChI is InChI=1S/C12H14N2O2/c1-9-10(6-7-15)8-13-14(9)11-4-2-3-5-12(11)16/h2-5,8,15-16H,6-7H2,1H3. The molecule has 0 fully saturated rings. The molecule has 0 radical (unpaired) electrons. The van der Waals surface area contributed by atoms with Gasteiger partial charge in [0.1, 0.15) is 11.4 Å². The molecule has 0 aliphatic carbocycles. The van der Waals surface area contributed by atoms with Crippen molar-refractivity contribution in [2.24, 2.45) is 0 Å². The molecule has 0 aliphatic heterocycles. The lowest BCUT2D eigenvalue weighted by Crippen LogP contribution is -2.00. The Kier molecular flexibility index (Phi) is 2.92. The fourth-order valence-electron chi connectivity index (χ4n) is 1.70. The molecule has 0 saturated carbocycles. The topological polar surface area (TPSA) is 58.3 Å². The van der Waals surface area contributed by atoms with Crippen LogP contribution in [-0.2, 0) is 6.42 Å². The summed E-state index contributed by atoms with van der Waals surface area (Å²) in [6, 6.07) is 7.05. The molecular weight excluding hydrogens is 204 g/mol.